The Kier molecular flexibility index (Phi) is 15.6. The van der Waals surface area contributed by atoms with Crippen molar-refractivity contribution in [3.05, 3.63) is 188 Å². The Hall–Kier alpha value is -11.6. The molecule has 0 saturated heterocycles. The van der Waals surface area contributed by atoms with Crippen molar-refractivity contribution in [3.8, 4) is 46.0 Å². The minimum absolute atomic E-state index is 0.0749. The number of phenolic OH excluding ortho intramolecular Hbond substituents is 8. The summed E-state index contributed by atoms with van der Waals surface area (Å²) in [5.74, 6) is -15.4. The van der Waals surface area contributed by atoms with Crippen LogP contribution in [0.2, 0.25) is 0 Å². The molecule has 1 aliphatic carbocycles. The number of rotatable bonds is 12. The number of phenols is 8. The van der Waals surface area contributed by atoms with Crippen LogP contribution in [-0.4, -0.2) is 85.2 Å². The maximum absolute atomic E-state index is 12.3. The van der Waals surface area contributed by atoms with Crippen molar-refractivity contribution < 1.29 is 80.5 Å². The van der Waals surface area contributed by atoms with E-state index in [0.29, 0.717) is 0 Å². The van der Waals surface area contributed by atoms with Crippen LogP contribution in [0.1, 0.15) is 137 Å². The number of nitrogens with zero attached hydrogens (tertiary/aromatic N) is 8. The first-order valence-electron chi connectivity index (χ1n) is 25.3. The molecule has 0 radical (unpaired) electrons. The van der Waals surface area contributed by atoms with Crippen molar-refractivity contribution in [1.29, 1.82) is 0 Å². The number of aromatic carboxylic acids is 4. The van der Waals surface area contributed by atoms with Gasteiger partial charge in [0.2, 0.25) is 0 Å². The topological polar surface area (TPSA) is 410 Å². The molecule has 0 aromatic heterocycles. The second-order valence-corrected chi connectivity index (χ2v) is 19.5. The van der Waals surface area contributed by atoms with E-state index in [1.54, 1.807) is 0 Å². The lowest BCUT2D eigenvalue weighted by molar-refractivity contribution is 0.0686. The maximum Gasteiger partial charge on any atom is 0.335 e. The summed E-state index contributed by atoms with van der Waals surface area (Å²) in [7, 11) is 0. The molecule has 0 saturated carbocycles. The Labute approximate surface area is 474 Å². The van der Waals surface area contributed by atoms with Gasteiger partial charge in [0.1, 0.15) is 0 Å². The van der Waals surface area contributed by atoms with Crippen molar-refractivity contribution >= 4 is 69.4 Å². The second-order valence-electron chi connectivity index (χ2n) is 19.5. The fraction of sp³-hybridized carbons (Fsp3) is 0.133. The minimum Gasteiger partial charge on any atom is -0.505 e. The van der Waals surface area contributed by atoms with Crippen LogP contribution in [-0.2, 0) is 0 Å². The Bertz CT molecular complexity index is 3480. The summed E-state index contributed by atoms with van der Waals surface area (Å²) in [6.07, 6.45) is 0. The highest BCUT2D eigenvalue weighted by Gasteiger charge is 2.35. The number of aromatic hydroxyl groups is 8. The van der Waals surface area contributed by atoms with Gasteiger partial charge in [-0.15, -0.1) is 20.5 Å². The smallest absolute Gasteiger partial charge is 0.335 e. The maximum atomic E-state index is 12.3. The van der Waals surface area contributed by atoms with Gasteiger partial charge in [-0.05, 0) is 121 Å². The molecule has 0 heterocycles. The Morgan fingerprint density at radius 2 is 0.405 bits per heavy atom. The van der Waals surface area contributed by atoms with Crippen LogP contribution in [0, 0.1) is 0 Å². The van der Waals surface area contributed by atoms with Crippen LogP contribution in [0.25, 0.3) is 0 Å². The van der Waals surface area contributed by atoms with Crippen molar-refractivity contribution in [2.45, 2.75) is 51.4 Å². The van der Waals surface area contributed by atoms with Gasteiger partial charge in [-0.3, -0.25) is 0 Å². The summed E-state index contributed by atoms with van der Waals surface area (Å²) < 4.78 is 0. The van der Waals surface area contributed by atoms with Gasteiger partial charge in [-0.2, -0.15) is 20.5 Å². The first kappa shape index (κ1) is 57.1. The standard InChI is InChI=1S/C60H48N8O16/c1-25-37-21-39(51(71)45(49(37)69)65-61-33-13-5-29(6-14-33)57(77)78)26(2)41-23-43(55(75)47(53(41)73)67-63-35-17-9-31(10-18-35)59(81)82)28(4)44-24-42(54(74)48(56(44)76)68-64-36-19-11-32(12-20-36)60(83)84)27(3)40-22-38(25)50(70)46(52(40)72)66-62-34-15-7-30(8-16-34)58(79)80/h5-28,69-76H,1-4H3,(H,77,78)(H,79,80)(H,81,82)(H,83,84). The van der Waals surface area contributed by atoms with Crippen molar-refractivity contribution in [1.82, 2.24) is 0 Å². The molecule has 9 rings (SSSR count). The molecule has 0 atom stereocenters. The predicted octanol–water partition coefficient (Wildman–Crippen LogP) is 14.7. The largest absolute Gasteiger partial charge is 0.505 e. The minimum atomic E-state index is -1.22. The van der Waals surface area contributed by atoms with E-state index in [9.17, 15) is 80.5 Å². The van der Waals surface area contributed by atoms with Crippen molar-refractivity contribution in [2.75, 3.05) is 0 Å². The molecule has 8 aromatic rings. The van der Waals surface area contributed by atoms with E-state index >= 15 is 0 Å². The van der Waals surface area contributed by atoms with Crippen LogP contribution in [0.15, 0.2) is 162 Å². The van der Waals surface area contributed by atoms with Gasteiger partial charge in [0.15, 0.2) is 68.7 Å². The average Bonchev–Trinajstić information content (AvgIpc) is 3.52. The van der Waals surface area contributed by atoms with Crippen LogP contribution >= 0.6 is 0 Å². The number of carbonyl (C=O) groups is 4. The van der Waals surface area contributed by atoms with Crippen molar-refractivity contribution in [2.24, 2.45) is 40.9 Å². The number of carboxylic acid groups (broad SMARTS) is 4. The molecule has 0 amide bonds. The van der Waals surface area contributed by atoms with Gasteiger partial charge in [-0.1, -0.05) is 27.7 Å². The molecule has 0 fully saturated rings. The second kappa shape index (κ2) is 22.9. The van der Waals surface area contributed by atoms with Gasteiger partial charge in [0.25, 0.3) is 0 Å². The van der Waals surface area contributed by atoms with E-state index in [1.165, 1.54) is 149 Å². The Morgan fingerprint density at radius 3 is 0.536 bits per heavy atom. The van der Waals surface area contributed by atoms with Gasteiger partial charge in [-0.25, -0.2) is 19.2 Å². The number of azo groups is 4. The number of benzene rings is 8. The molecule has 1 aliphatic rings. The predicted molar refractivity (Wildman–Crippen MR) is 299 cm³/mol. The molecular weight excluding hydrogens is 1090 g/mol. The summed E-state index contributed by atoms with van der Waals surface area (Å²) >= 11 is 0. The monoisotopic (exact) mass is 1140 g/mol. The number of hydrogen-bond acceptors (Lipinski definition) is 20. The van der Waals surface area contributed by atoms with Crippen LogP contribution < -0.4 is 0 Å². The zero-order valence-corrected chi connectivity index (χ0v) is 44.4. The summed E-state index contributed by atoms with van der Waals surface area (Å²) in [5, 5.41) is 170. The van der Waals surface area contributed by atoms with E-state index in [-0.39, 0.29) is 89.5 Å². The first-order chi connectivity index (χ1) is 39.9. The van der Waals surface area contributed by atoms with Crippen LogP contribution in [0.5, 0.6) is 46.0 Å². The third-order valence-electron chi connectivity index (χ3n) is 14.5. The normalized spacial score (nSPS) is 16.0. The third-order valence-corrected chi connectivity index (χ3v) is 14.5. The fourth-order valence-electron chi connectivity index (χ4n) is 9.56. The Balaban J connectivity index is 1.36. The molecular formula is C60H48N8O16. The molecule has 8 aromatic carbocycles. The molecule has 8 bridgehead atoms. The van der Waals surface area contributed by atoms with E-state index < -0.39 is 116 Å². The number of carboxylic acids is 4. The highest BCUT2D eigenvalue weighted by Crippen LogP contribution is 2.58. The zero-order valence-electron chi connectivity index (χ0n) is 44.4. The molecule has 0 aliphatic heterocycles. The van der Waals surface area contributed by atoms with Gasteiger partial charge in [0.05, 0.1) is 45.0 Å². The molecule has 0 spiro atoms. The van der Waals surface area contributed by atoms with E-state index in [4.69, 9.17) is 0 Å². The quantitative estimate of drug-likeness (QED) is 0.0506. The molecule has 24 heteroatoms. The highest BCUT2D eigenvalue weighted by molar-refractivity contribution is 5.90. The average molecular weight is 1140 g/mol. The highest BCUT2D eigenvalue weighted by atomic mass is 16.4. The molecule has 0 unspecified atom stereocenters. The summed E-state index contributed by atoms with van der Waals surface area (Å²) in [4.78, 5) is 46.6. The van der Waals surface area contributed by atoms with Crippen LogP contribution in [0.4, 0.5) is 45.5 Å². The van der Waals surface area contributed by atoms with Gasteiger partial charge < -0.3 is 61.3 Å². The van der Waals surface area contributed by atoms with E-state index in [1.807, 2.05) is 0 Å². The van der Waals surface area contributed by atoms with E-state index in [2.05, 4.69) is 40.9 Å². The van der Waals surface area contributed by atoms with Crippen molar-refractivity contribution in [3.63, 3.8) is 0 Å². The molecule has 24 nitrogen and oxygen atoms in total. The lowest BCUT2D eigenvalue weighted by Crippen LogP contribution is -2.08. The summed E-state index contributed by atoms with van der Waals surface area (Å²) in [6, 6.07) is 26.0. The molecule has 424 valence electrons. The zero-order chi connectivity index (χ0) is 60.6. The Morgan fingerprint density at radius 1 is 0.262 bits per heavy atom. The first-order valence-corrected chi connectivity index (χ1v) is 25.3. The fourth-order valence-corrected chi connectivity index (χ4v) is 9.56. The summed E-state index contributed by atoms with van der Waals surface area (Å²) in [5.41, 5.74) is -2.79. The number of hydrogen-bond donors (Lipinski definition) is 12. The van der Waals surface area contributed by atoms with Crippen LogP contribution in [0.3, 0.4) is 0 Å². The lowest BCUT2D eigenvalue weighted by Gasteiger charge is -2.27. The SMILES string of the molecule is CC1c2cc(c(O)c(N=Nc3ccc(C(=O)O)cc3)c2O)C(C)c2cc(c(O)c(N=Nc3ccc(C(=O)O)cc3)c2O)C(C)c2cc(c(O)c(N=Nc3ccc(C(=O)O)cc3)c2O)C(C)c2cc1c(O)c(N=Nc1ccc(C(=O)O)cc1)c2O. The number of fused-ring (bicyclic) bond motifs is 8. The molecule has 84 heavy (non-hydrogen) atoms. The third kappa shape index (κ3) is 10.9. The molecule has 12 N–H and O–H groups in total. The lowest BCUT2D eigenvalue weighted by atomic mass is 9.80. The summed E-state index contributed by atoms with van der Waals surface area (Å²) in [6.45, 7) is 6.10. The van der Waals surface area contributed by atoms with Gasteiger partial charge in [0, 0.05) is 68.2 Å². The van der Waals surface area contributed by atoms with E-state index in [0.717, 1.165) is 0 Å². The van der Waals surface area contributed by atoms with Gasteiger partial charge >= 0.3 is 23.9 Å².